The molecular weight excluding hydrogens is 243 g/mol. The number of anilines is 1. The number of halogens is 1. The van der Waals surface area contributed by atoms with E-state index in [0.717, 1.165) is 18.9 Å². The summed E-state index contributed by atoms with van der Waals surface area (Å²) in [6, 6.07) is 6.93. The molecule has 0 fully saturated rings. The van der Waals surface area contributed by atoms with E-state index >= 15 is 0 Å². The largest absolute Gasteiger partial charge is 0.354 e. The summed E-state index contributed by atoms with van der Waals surface area (Å²) in [7, 11) is 0. The van der Waals surface area contributed by atoms with E-state index in [2.05, 4.69) is 29.2 Å². The molecule has 1 N–H and O–H groups in total. The molecule has 0 spiro atoms. The Morgan fingerprint density at radius 1 is 1.37 bits per heavy atom. The first kappa shape index (κ1) is 12.1. The maximum absolute atomic E-state index is 13.8. The van der Waals surface area contributed by atoms with Gasteiger partial charge >= 0.3 is 0 Å². The molecule has 3 rings (SSSR count). The second-order valence-corrected chi connectivity index (χ2v) is 5.21. The molecule has 1 aromatic carbocycles. The maximum Gasteiger partial charge on any atom is 0.221 e. The molecule has 5 heteroatoms. The van der Waals surface area contributed by atoms with Gasteiger partial charge in [0, 0.05) is 6.54 Å². The molecule has 0 bridgehead atoms. The zero-order valence-electron chi connectivity index (χ0n) is 11.1. The van der Waals surface area contributed by atoms with E-state index in [9.17, 15) is 4.39 Å². The first-order chi connectivity index (χ1) is 9.16. The summed E-state index contributed by atoms with van der Waals surface area (Å²) in [5.41, 5.74) is 0.453. The van der Waals surface area contributed by atoms with Gasteiger partial charge in [0.25, 0.3) is 0 Å². The van der Waals surface area contributed by atoms with Gasteiger partial charge in [0.2, 0.25) is 5.95 Å². The monoisotopic (exact) mass is 260 g/mol. The van der Waals surface area contributed by atoms with E-state index in [4.69, 9.17) is 0 Å². The Morgan fingerprint density at radius 2 is 2.16 bits per heavy atom. The van der Waals surface area contributed by atoms with E-state index in [1.165, 1.54) is 6.07 Å². The third-order valence-corrected chi connectivity index (χ3v) is 3.55. The lowest BCUT2D eigenvalue weighted by molar-refractivity contribution is 0.322. The molecule has 2 aromatic rings. The quantitative estimate of drug-likeness (QED) is 0.902. The standard InChI is InChI=1S/C14H17FN4/c1-9(2)12-7-8-16-14-17-13(18-19(12)14)10-5-3-4-6-11(10)15/h3-6,9,12H,7-8H2,1-2H3,(H,16,17,18). The van der Waals surface area contributed by atoms with Crippen LogP contribution in [-0.2, 0) is 0 Å². The molecule has 0 saturated carbocycles. The van der Waals surface area contributed by atoms with Crippen molar-refractivity contribution in [2.45, 2.75) is 26.3 Å². The summed E-state index contributed by atoms with van der Waals surface area (Å²) >= 11 is 0. The Kier molecular flexibility index (Phi) is 2.97. The van der Waals surface area contributed by atoms with Crippen LogP contribution in [0.15, 0.2) is 24.3 Å². The van der Waals surface area contributed by atoms with Gasteiger partial charge in [-0.1, -0.05) is 26.0 Å². The summed E-state index contributed by atoms with van der Waals surface area (Å²) in [4.78, 5) is 4.42. The first-order valence-electron chi connectivity index (χ1n) is 6.62. The van der Waals surface area contributed by atoms with E-state index in [-0.39, 0.29) is 5.82 Å². The fourth-order valence-corrected chi connectivity index (χ4v) is 2.50. The van der Waals surface area contributed by atoms with Crippen LogP contribution in [0.1, 0.15) is 26.3 Å². The summed E-state index contributed by atoms with van der Waals surface area (Å²) in [5, 5.41) is 7.71. The Hall–Kier alpha value is -1.91. The van der Waals surface area contributed by atoms with Gasteiger partial charge in [0.05, 0.1) is 11.6 Å². The van der Waals surface area contributed by atoms with Crippen molar-refractivity contribution in [3.8, 4) is 11.4 Å². The Labute approximate surface area is 111 Å². The minimum Gasteiger partial charge on any atom is -0.354 e. The van der Waals surface area contributed by atoms with Gasteiger partial charge in [-0.25, -0.2) is 9.07 Å². The SMILES string of the molecule is CC(C)C1CCNc2nc(-c3ccccc3F)nn21. The lowest BCUT2D eigenvalue weighted by Crippen LogP contribution is -2.27. The van der Waals surface area contributed by atoms with Crippen LogP contribution < -0.4 is 5.32 Å². The third kappa shape index (κ3) is 2.09. The predicted molar refractivity (Wildman–Crippen MR) is 72.4 cm³/mol. The van der Waals surface area contributed by atoms with Crippen molar-refractivity contribution in [2.24, 2.45) is 5.92 Å². The summed E-state index contributed by atoms with van der Waals surface area (Å²) in [6.45, 7) is 5.23. The fourth-order valence-electron chi connectivity index (χ4n) is 2.50. The maximum atomic E-state index is 13.8. The molecule has 4 nitrogen and oxygen atoms in total. The van der Waals surface area contributed by atoms with Gasteiger partial charge < -0.3 is 5.32 Å². The van der Waals surface area contributed by atoms with Crippen LogP contribution >= 0.6 is 0 Å². The van der Waals surface area contributed by atoms with Crippen LogP contribution in [0.3, 0.4) is 0 Å². The summed E-state index contributed by atoms with van der Waals surface area (Å²) in [5.74, 6) is 1.39. The molecule has 1 aromatic heterocycles. The highest BCUT2D eigenvalue weighted by molar-refractivity contribution is 5.57. The molecule has 1 aliphatic heterocycles. The van der Waals surface area contributed by atoms with Gasteiger partial charge in [-0.3, -0.25) is 0 Å². The number of benzene rings is 1. The van der Waals surface area contributed by atoms with Crippen LogP contribution in [0, 0.1) is 11.7 Å². The number of aromatic nitrogens is 3. The second kappa shape index (κ2) is 4.64. The molecule has 1 aliphatic rings. The second-order valence-electron chi connectivity index (χ2n) is 5.21. The molecule has 100 valence electrons. The van der Waals surface area contributed by atoms with Crippen LogP contribution in [0.4, 0.5) is 10.3 Å². The Bertz CT molecular complexity index is 591. The lowest BCUT2D eigenvalue weighted by atomic mass is 10.0. The average Bonchev–Trinajstić information content (AvgIpc) is 2.82. The Morgan fingerprint density at radius 3 is 2.89 bits per heavy atom. The Balaban J connectivity index is 2.05. The number of nitrogens with zero attached hydrogens (tertiary/aromatic N) is 3. The number of rotatable bonds is 2. The number of hydrogen-bond acceptors (Lipinski definition) is 3. The van der Waals surface area contributed by atoms with Crippen molar-refractivity contribution in [2.75, 3.05) is 11.9 Å². The van der Waals surface area contributed by atoms with Crippen molar-refractivity contribution in [1.29, 1.82) is 0 Å². The zero-order chi connectivity index (χ0) is 13.4. The van der Waals surface area contributed by atoms with Gasteiger partial charge in [0.1, 0.15) is 5.82 Å². The molecule has 0 aliphatic carbocycles. The van der Waals surface area contributed by atoms with Crippen LogP contribution in [0.25, 0.3) is 11.4 Å². The van der Waals surface area contributed by atoms with E-state index in [1.54, 1.807) is 18.2 Å². The van der Waals surface area contributed by atoms with Crippen molar-refractivity contribution >= 4 is 5.95 Å². The summed E-state index contributed by atoms with van der Waals surface area (Å²) in [6.07, 6.45) is 1.02. The highest BCUT2D eigenvalue weighted by atomic mass is 19.1. The fraction of sp³-hybridized carbons (Fsp3) is 0.429. The van der Waals surface area contributed by atoms with E-state index < -0.39 is 0 Å². The van der Waals surface area contributed by atoms with E-state index in [0.29, 0.717) is 23.3 Å². The van der Waals surface area contributed by atoms with Crippen molar-refractivity contribution in [1.82, 2.24) is 14.8 Å². The van der Waals surface area contributed by atoms with Crippen molar-refractivity contribution < 1.29 is 4.39 Å². The normalized spacial score (nSPS) is 18.2. The van der Waals surface area contributed by atoms with E-state index in [1.807, 2.05) is 4.68 Å². The molecule has 0 saturated heterocycles. The van der Waals surface area contributed by atoms with Gasteiger partial charge in [-0.15, -0.1) is 5.10 Å². The minimum absolute atomic E-state index is 0.286. The number of nitrogens with one attached hydrogen (secondary N) is 1. The molecule has 1 unspecified atom stereocenters. The molecule has 0 amide bonds. The smallest absolute Gasteiger partial charge is 0.221 e. The average molecular weight is 260 g/mol. The highest BCUT2D eigenvalue weighted by Crippen LogP contribution is 2.30. The first-order valence-corrected chi connectivity index (χ1v) is 6.62. The van der Waals surface area contributed by atoms with Gasteiger partial charge in [0.15, 0.2) is 5.82 Å². The predicted octanol–water partition coefficient (Wildman–Crippen LogP) is 3.10. The third-order valence-electron chi connectivity index (χ3n) is 3.55. The lowest BCUT2D eigenvalue weighted by Gasteiger charge is -2.27. The molecular formula is C14H17FN4. The van der Waals surface area contributed by atoms with Crippen LogP contribution in [-0.4, -0.2) is 21.3 Å². The van der Waals surface area contributed by atoms with Gasteiger partial charge in [-0.2, -0.15) is 4.98 Å². The molecule has 0 radical (unpaired) electrons. The van der Waals surface area contributed by atoms with Crippen LogP contribution in [0.5, 0.6) is 0 Å². The van der Waals surface area contributed by atoms with Crippen molar-refractivity contribution in [3.63, 3.8) is 0 Å². The molecule has 1 atom stereocenters. The number of hydrogen-bond donors (Lipinski definition) is 1. The van der Waals surface area contributed by atoms with Crippen LogP contribution in [0.2, 0.25) is 0 Å². The molecule has 19 heavy (non-hydrogen) atoms. The summed E-state index contributed by atoms with van der Waals surface area (Å²) < 4.78 is 15.7. The van der Waals surface area contributed by atoms with Crippen molar-refractivity contribution in [3.05, 3.63) is 30.1 Å². The zero-order valence-corrected chi connectivity index (χ0v) is 11.1. The molecule has 2 heterocycles. The van der Waals surface area contributed by atoms with Gasteiger partial charge in [-0.05, 0) is 24.5 Å². The number of fused-ring (bicyclic) bond motifs is 1. The highest BCUT2D eigenvalue weighted by Gasteiger charge is 2.26. The topological polar surface area (TPSA) is 42.7 Å². The minimum atomic E-state index is -0.286.